The minimum Gasteiger partial charge on any atom is -0.364 e. The van der Waals surface area contributed by atoms with E-state index >= 15 is 0 Å². The first-order valence-electron chi connectivity index (χ1n) is 15.9. The molecule has 7 heteroatoms. The molecule has 0 radical (unpaired) electrons. The van der Waals surface area contributed by atoms with E-state index in [1.165, 1.54) is 55.8 Å². The molecule has 1 aliphatic rings. The zero-order valence-electron chi connectivity index (χ0n) is 28.1. The number of anilines is 1. The summed E-state index contributed by atoms with van der Waals surface area (Å²) < 4.78 is 0. The Bertz CT molecular complexity index is 1750. The molecule has 5 aromatic rings. The minimum atomic E-state index is 0. The van der Waals surface area contributed by atoms with E-state index in [2.05, 4.69) is 129 Å². The second-order valence-electron chi connectivity index (χ2n) is 12.7. The van der Waals surface area contributed by atoms with E-state index in [1.54, 1.807) is 0 Å². The summed E-state index contributed by atoms with van der Waals surface area (Å²) in [7, 11) is 0. The molecule has 3 heterocycles. The van der Waals surface area contributed by atoms with Crippen LogP contribution in [-0.4, -0.2) is 34.0 Å². The second-order valence-corrected chi connectivity index (χ2v) is 12.7. The normalized spacial score (nSPS) is 13.2. The van der Waals surface area contributed by atoms with Gasteiger partial charge < -0.3 is 4.90 Å². The van der Waals surface area contributed by atoms with Crippen molar-refractivity contribution in [3.8, 4) is 22.5 Å². The summed E-state index contributed by atoms with van der Waals surface area (Å²) in [5, 5.41) is 0. The topological polar surface area (TPSA) is 32.3 Å². The van der Waals surface area contributed by atoms with Gasteiger partial charge in [-0.05, 0) is 129 Å². The van der Waals surface area contributed by atoms with E-state index in [9.17, 15) is 0 Å². The number of aromatic nitrogens is 2. The van der Waals surface area contributed by atoms with Gasteiger partial charge in [-0.2, -0.15) is 0 Å². The molecule has 2 aromatic heterocycles. The number of rotatable bonds is 8. The zero-order valence-corrected chi connectivity index (χ0v) is 30.5. The minimum absolute atomic E-state index is 0. The standard InChI is InChI=1S/C40H44N4.3ClH/c1-28-6-12-37(13-7-28)44(27-34-15-19-42-40(25-34)36-11-9-30(3)32(5)23-36)38-16-20-43(21-17-38)26-33-14-18-41-39(24-33)35-10-8-29(2)31(4)22-35;;;/h6-15,18-19,22-25,38H,16-17,20-21,26-27H2,1-5H3;3*1H. The van der Waals surface area contributed by atoms with Gasteiger partial charge in [0.1, 0.15) is 0 Å². The van der Waals surface area contributed by atoms with Crippen molar-refractivity contribution in [2.24, 2.45) is 0 Å². The summed E-state index contributed by atoms with van der Waals surface area (Å²) in [6, 6.07) is 31.7. The summed E-state index contributed by atoms with van der Waals surface area (Å²) in [6.07, 6.45) is 6.21. The Labute approximate surface area is 299 Å². The molecule has 0 aliphatic carbocycles. The van der Waals surface area contributed by atoms with Gasteiger partial charge >= 0.3 is 0 Å². The first kappa shape index (κ1) is 38.0. The molecule has 0 atom stereocenters. The van der Waals surface area contributed by atoms with Crippen LogP contribution in [0.2, 0.25) is 0 Å². The van der Waals surface area contributed by atoms with Crippen molar-refractivity contribution >= 4 is 42.9 Å². The molecule has 0 bridgehead atoms. The number of piperidine rings is 1. The molecule has 0 N–H and O–H groups in total. The maximum absolute atomic E-state index is 4.74. The number of halogens is 3. The van der Waals surface area contributed by atoms with Gasteiger partial charge in [0.25, 0.3) is 0 Å². The number of hydrogen-bond donors (Lipinski definition) is 0. The number of nitrogens with zero attached hydrogens (tertiary/aromatic N) is 4. The third kappa shape index (κ3) is 9.36. The highest BCUT2D eigenvalue weighted by atomic mass is 35.5. The number of benzene rings is 3. The number of aryl methyl sites for hydroxylation is 5. The quantitative estimate of drug-likeness (QED) is 0.162. The summed E-state index contributed by atoms with van der Waals surface area (Å²) in [4.78, 5) is 14.7. The van der Waals surface area contributed by atoms with Crippen molar-refractivity contribution in [1.29, 1.82) is 0 Å². The molecule has 248 valence electrons. The molecule has 1 aliphatic heterocycles. The second kappa shape index (κ2) is 17.1. The Morgan fingerprint density at radius 3 is 1.64 bits per heavy atom. The first-order chi connectivity index (χ1) is 21.3. The predicted molar refractivity (Wildman–Crippen MR) is 206 cm³/mol. The van der Waals surface area contributed by atoms with Gasteiger partial charge in [-0.25, -0.2) is 0 Å². The Morgan fingerprint density at radius 2 is 1.11 bits per heavy atom. The number of pyridine rings is 2. The van der Waals surface area contributed by atoms with E-state index in [1.807, 2.05) is 12.4 Å². The fraction of sp³-hybridized carbons (Fsp3) is 0.300. The SMILES string of the molecule is Cc1ccc(N(Cc2ccnc(-c3ccc(C)c(C)c3)c2)C2CCN(Cc3ccnc(-c4ccc(C)c(C)c4)c3)CC2)cc1.Cl.Cl.Cl. The van der Waals surface area contributed by atoms with Crippen LogP contribution < -0.4 is 4.90 Å². The average molecular weight is 690 g/mol. The molecule has 1 saturated heterocycles. The Morgan fingerprint density at radius 1 is 0.596 bits per heavy atom. The summed E-state index contributed by atoms with van der Waals surface area (Å²) in [5.41, 5.74) is 14.9. The lowest BCUT2D eigenvalue weighted by Crippen LogP contribution is -2.44. The van der Waals surface area contributed by atoms with Crippen molar-refractivity contribution in [3.05, 3.63) is 136 Å². The van der Waals surface area contributed by atoms with Crippen LogP contribution in [0.1, 0.15) is 51.8 Å². The molecule has 0 unspecified atom stereocenters. The monoisotopic (exact) mass is 688 g/mol. The number of hydrogen-bond acceptors (Lipinski definition) is 4. The lowest BCUT2D eigenvalue weighted by molar-refractivity contribution is 0.201. The lowest BCUT2D eigenvalue weighted by atomic mass is 9.99. The largest absolute Gasteiger partial charge is 0.364 e. The fourth-order valence-corrected chi connectivity index (χ4v) is 6.27. The van der Waals surface area contributed by atoms with Crippen LogP contribution in [0.3, 0.4) is 0 Å². The van der Waals surface area contributed by atoms with Gasteiger partial charge in [0, 0.05) is 61.4 Å². The highest BCUT2D eigenvalue weighted by Gasteiger charge is 2.25. The first-order valence-corrected chi connectivity index (χ1v) is 15.9. The van der Waals surface area contributed by atoms with Crippen LogP contribution in [0.15, 0.2) is 97.3 Å². The van der Waals surface area contributed by atoms with E-state index in [0.717, 1.165) is 50.4 Å². The van der Waals surface area contributed by atoms with Gasteiger partial charge in [-0.15, -0.1) is 37.2 Å². The molecule has 0 spiro atoms. The Balaban J connectivity index is 0.00000200. The fourth-order valence-electron chi connectivity index (χ4n) is 6.27. The molecule has 0 saturated carbocycles. The molecule has 6 rings (SSSR count). The molecule has 4 nitrogen and oxygen atoms in total. The van der Waals surface area contributed by atoms with E-state index in [-0.39, 0.29) is 37.2 Å². The Hall–Kier alpha value is -3.41. The van der Waals surface area contributed by atoms with Crippen LogP contribution in [-0.2, 0) is 13.1 Å². The maximum Gasteiger partial charge on any atom is 0.0705 e. The van der Waals surface area contributed by atoms with E-state index in [4.69, 9.17) is 9.97 Å². The van der Waals surface area contributed by atoms with Gasteiger partial charge in [0.05, 0.1) is 11.4 Å². The van der Waals surface area contributed by atoms with Gasteiger partial charge in [-0.3, -0.25) is 14.9 Å². The van der Waals surface area contributed by atoms with Crippen LogP contribution in [0.25, 0.3) is 22.5 Å². The van der Waals surface area contributed by atoms with Crippen LogP contribution >= 0.6 is 37.2 Å². The van der Waals surface area contributed by atoms with Crippen molar-refractivity contribution in [2.45, 2.75) is 66.6 Å². The van der Waals surface area contributed by atoms with Crippen LogP contribution in [0.4, 0.5) is 5.69 Å². The Kier molecular flexibility index (Phi) is 13.9. The molecular formula is C40H47Cl3N4. The predicted octanol–water partition coefficient (Wildman–Crippen LogP) is 10.3. The van der Waals surface area contributed by atoms with Crippen LogP contribution in [0.5, 0.6) is 0 Å². The summed E-state index contributed by atoms with van der Waals surface area (Å²) >= 11 is 0. The average Bonchev–Trinajstić information content (AvgIpc) is 3.04. The smallest absolute Gasteiger partial charge is 0.0705 e. The van der Waals surface area contributed by atoms with Gasteiger partial charge in [0.2, 0.25) is 0 Å². The third-order valence-corrected chi connectivity index (χ3v) is 9.38. The third-order valence-electron chi connectivity index (χ3n) is 9.38. The maximum atomic E-state index is 4.74. The summed E-state index contributed by atoms with van der Waals surface area (Å²) in [6.45, 7) is 14.8. The van der Waals surface area contributed by atoms with E-state index < -0.39 is 0 Å². The van der Waals surface area contributed by atoms with Crippen molar-refractivity contribution in [2.75, 3.05) is 18.0 Å². The molecule has 0 amide bonds. The molecule has 1 fully saturated rings. The van der Waals surface area contributed by atoms with Crippen molar-refractivity contribution < 1.29 is 0 Å². The van der Waals surface area contributed by atoms with Gasteiger partial charge in [-0.1, -0.05) is 42.0 Å². The highest BCUT2D eigenvalue weighted by molar-refractivity contribution is 5.86. The van der Waals surface area contributed by atoms with Crippen molar-refractivity contribution in [1.82, 2.24) is 14.9 Å². The lowest BCUT2D eigenvalue weighted by Gasteiger charge is -2.40. The molecule has 3 aromatic carbocycles. The number of likely N-dealkylation sites (tertiary alicyclic amines) is 1. The zero-order chi connectivity index (χ0) is 30.6. The molecule has 47 heavy (non-hydrogen) atoms. The van der Waals surface area contributed by atoms with E-state index in [0.29, 0.717) is 6.04 Å². The van der Waals surface area contributed by atoms with Crippen molar-refractivity contribution in [3.63, 3.8) is 0 Å². The van der Waals surface area contributed by atoms with Gasteiger partial charge in [0.15, 0.2) is 0 Å². The molecular weight excluding hydrogens is 643 g/mol. The summed E-state index contributed by atoms with van der Waals surface area (Å²) in [5.74, 6) is 0. The highest BCUT2D eigenvalue weighted by Crippen LogP contribution is 2.29. The van der Waals surface area contributed by atoms with Crippen LogP contribution in [0, 0.1) is 34.6 Å².